The van der Waals surface area contributed by atoms with E-state index < -0.39 is 0 Å². The molecule has 1 aromatic carbocycles. The van der Waals surface area contributed by atoms with Crippen LogP contribution in [0.4, 0.5) is 4.39 Å². The summed E-state index contributed by atoms with van der Waals surface area (Å²) in [4.78, 5) is 24.3. The van der Waals surface area contributed by atoms with E-state index in [0.717, 1.165) is 18.4 Å². The number of benzene rings is 1. The van der Waals surface area contributed by atoms with Gasteiger partial charge < -0.3 is 0 Å². The molecule has 1 aliphatic rings. The molecule has 2 aromatic rings. The maximum atomic E-state index is 13.0. The molecule has 104 valence electrons. The van der Waals surface area contributed by atoms with Crippen LogP contribution >= 0.6 is 15.9 Å². The summed E-state index contributed by atoms with van der Waals surface area (Å²) in [5.41, 5.74) is 0.390. The van der Waals surface area contributed by atoms with Crippen molar-refractivity contribution in [3.8, 4) is 0 Å². The Morgan fingerprint density at radius 1 is 1.20 bits per heavy atom. The number of hydrogen-bond acceptors (Lipinski definition) is 2. The zero-order chi connectivity index (χ0) is 14.3. The topological polar surface area (TPSA) is 44.0 Å². The van der Waals surface area contributed by atoms with Crippen molar-refractivity contribution in [2.45, 2.75) is 25.4 Å². The summed E-state index contributed by atoms with van der Waals surface area (Å²) < 4.78 is 16.2. The van der Waals surface area contributed by atoms with Gasteiger partial charge in [-0.3, -0.25) is 9.59 Å². The summed E-state index contributed by atoms with van der Waals surface area (Å²) in [7, 11) is 0. The first-order valence-electron chi connectivity index (χ1n) is 6.35. The minimum absolute atomic E-state index is 0.205. The molecule has 0 aliphatic carbocycles. The summed E-state index contributed by atoms with van der Waals surface area (Å²) in [5, 5.41) is 0. The molecular formula is C14H12BrFN2O2. The first-order valence-corrected chi connectivity index (χ1v) is 7.15. The van der Waals surface area contributed by atoms with Crippen LogP contribution in [0, 0.1) is 5.82 Å². The molecule has 0 fully saturated rings. The Morgan fingerprint density at radius 2 is 1.90 bits per heavy atom. The molecule has 1 unspecified atom stereocenters. The molecule has 0 bridgehead atoms. The van der Waals surface area contributed by atoms with Gasteiger partial charge in [0.05, 0.1) is 10.5 Å². The fourth-order valence-corrected chi connectivity index (χ4v) is 3.02. The van der Waals surface area contributed by atoms with Gasteiger partial charge >= 0.3 is 0 Å². The standard InChI is InChI=1S/C14H12BrFN2O2/c15-11-8-13(19)17-7-1-2-12(18(17)14(11)20)9-3-5-10(16)6-4-9/h3-6,8,12H,1-2,7H2. The third-order valence-electron chi connectivity index (χ3n) is 3.57. The van der Waals surface area contributed by atoms with Crippen molar-refractivity contribution in [1.29, 1.82) is 0 Å². The van der Waals surface area contributed by atoms with Gasteiger partial charge in [0.1, 0.15) is 5.82 Å². The average molecular weight is 339 g/mol. The van der Waals surface area contributed by atoms with Gasteiger partial charge in [-0.2, -0.15) is 0 Å². The lowest BCUT2D eigenvalue weighted by Crippen LogP contribution is -2.43. The Labute approximate surface area is 122 Å². The first-order chi connectivity index (χ1) is 9.58. The highest BCUT2D eigenvalue weighted by Gasteiger charge is 2.24. The van der Waals surface area contributed by atoms with Crippen LogP contribution in [0.1, 0.15) is 24.4 Å². The molecule has 3 rings (SSSR count). The van der Waals surface area contributed by atoms with Crippen LogP contribution in [-0.4, -0.2) is 9.36 Å². The largest absolute Gasteiger partial charge is 0.280 e. The minimum atomic E-state index is -0.316. The fraction of sp³-hybridized carbons (Fsp3) is 0.286. The molecule has 0 saturated carbocycles. The van der Waals surface area contributed by atoms with Gasteiger partial charge in [-0.05, 0) is 46.5 Å². The van der Waals surface area contributed by atoms with E-state index >= 15 is 0 Å². The van der Waals surface area contributed by atoms with E-state index in [-0.39, 0.29) is 27.5 Å². The highest BCUT2D eigenvalue weighted by atomic mass is 79.9. The summed E-state index contributed by atoms with van der Waals surface area (Å²) in [5.74, 6) is -0.316. The van der Waals surface area contributed by atoms with Crippen molar-refractivity contribution in [3.05, 3.63) is 66.9 Å². The van der Waals surface area contributed by atoms with E-state index in [1.807, 2.05) is 0 Å². The van der Waals surface area contributed by atoms with Gasteiger partial charge in [0, 0.05) is 12.6 Å². The third-order valence-corrected chi connectivity index (χ3v) is 4.14. The van der Waals surface area contributed by atoms with Gasteiger partial charge in [0.25, 0.3) is 11.1 Å². The smallest absolute Gasteiger partial charge is 0.268 e. The maximum absolute atomic E-state index is 13.0. The Kier molecular flexibility index (Phi) is 3.33. The van der Waals surface area contributed by atoms with Crippen LogP contribution in [0.15, 0.2) is 44.4 Å². The van der Waals surface area contributed by atoms with Crippen molar-refractivity contribution in [1.82, 2.24) is 9.36 Å². The second kappa shape index (κ2) is 5.01. The molecule has 20 heavy (non-hydrogen) atoms. The Bertz CT molecular complexity index is 764. The lowest BCUT2D eigenvalue weighted by molar-refractivity contribution is 0.289. The van der Waals surface area contributed by atoms with E-state index in [0.29, 0.717) is 6.54 Å². The van der Waals surface area contributed by atoms with Gasteiger partial charge in [0.15, 0.2) is 0 Å². The Balaban J connectivity index is 2.22. The predicted molar refractivity (Wildman–Crippen MR) is 76.4 cm³/mol. The normalized spacial score (nSPS) is 17.8. The lowest BCUT2D eigenvalue weighted by Gasteiger charge is -2.29. The third kappa shape index (κ3) is 2.14. The summed E-state index contributed by atoms with van der Waals surface area (Å²) >= 11 is 3.13. The van der Waals surface area contributed by atoms with E-state index in [1.165, 1.54) is 27.6 Å². The molecule has 0 radical (unpaired) electrons. The van der Waals surface area contributed by atoms with Gasteiger partial charge in [0.2, 0.25) is 0 Å². The average Bonchev–Trinajstić information content (AvgIpc) is 2.45. The van der Waals surface area contributed by atoms with Crippen LogP contribution in [-0.2, 0) is 6.54 Å². The van der Waals surface area contributed by atoms with Crippen molar-refractivity contribution in [2.24, 2.45) is 0 Å². The quantitative estimate of drug-likeness (QED) is 0.800. The second-order valence-corrected chi connectivity index (χ2v) is 5.67. The molecule has 6 heteroatoms. The maximum Gasteiger partial charge on any atom is 0.280 e. The van der Waals surface area contributed by atoms with E-state index in [2.05, 4.69) is 15.9 Å². The van der Waals surface area contributed by atoms with Crippen LogP contribution in [0.5, 0.6) is 0 Å². The molecule has 1 aromatic heterocycles. The number of fused-ring (bicyclic) bond motifs is 1. The number of nitrogens with zero attached hydrogens (tertiary/aromatic N) is 2. The molecular weight excluding hydrogens is 327 g/mol. The molecule has 0 saturated heterocycles. The van der Waals surface area contributed by atoms with E-state index in [1.54, 1.807) is 12.1 Å². The fourth-order valence-electron chi connectivity index (χ4n) is 2.65. The number of halogens is 2. The number of aromatic nitrogens is 2. The van der Waals surface area contributed by atoms with Crippen LogP contribution < -0.4 is 11.1 Å². The molecule has 2 heterocycles. The molecule has 0 spiro atoms. The molecule has 1 aliphatic heterocycles. The summed E-state index contributed by atoms with van der Waals surface area (Å²) in [6, 6.07) is 7.12. The molecule has 4 nitrogen and oxygen atoms in total. The summed E-state index contributed by atoms with van der Waals surface area (Å²) in [6.45, 7) is 0.527. The molecule has 0 amide bonds. The van der Waals surface area contributed by atoms with Crippen LogP contribution in [0.3, 0.4) is 0 Å². The van der Waals surface area contributed by atoms with E-state index in [4.69, 9.17) is 0 Å². The SMILES string of the molecule is O=c1cc(Br)c(=O)n2n1CCCC2c1ccc(F)cc1. The first kappa shape index (κ1) is 13.3. The lowest BCUT2D eigenvalue weighted by atomic mass is 10.0. The van der Waals surface area contributed by atoms with E-state index in [9.17, 15) is 14.0 Å². The van der Waals surface area contributed by atoms with Gasteiger partial charge in [-0.15, -0.1) is 0 Å². The molecule has 0 N–H and O–H groups in total. The van der Waals surface area contributed by atoms with Gasteiger partial charge in [-0.25, -0.2) is 13.8 Å². The highest BCUT2D eigenvalue weighted by Crippen LogP contribution is 2.25. The monoisotopic (exact) mass is 338 g/mol. The number of hydrogen-bond donors (Lipinski definition) is 0. The Morgan fingerprint density at radius 3 is 2.60 bits per heavy atom. The van der Waals surface area contributed by atoms with Crippen LogP contribution in [0.25, 0.3) is 0 Å². The number of rotatable bonds is 1. The minimum Gasteiger partial charge on any atom is -0.268 e. The van der Waals surface area contributed by atoms with Crippen LogP contribution in [0.2, 0.25) is 0 Å². The Hall–Kier alpha value is -1.69. The van der Waals surface area contributed by atoms with Crippen molar-refractivity contribution < 1.29 is 4.39 Å². The van der Waals surface area contributed by atoms with Crippen molar-refractivity contribution >= 4 is 15.9 Å². The zero-order valence-electron chi connectivity index (χ0n) is 10.6. The van der Waals surface area contributed by atoms with Gasteiger partial charge in [-0.1, -0.05) is 12.1 Å². The molecule has 1 atom stereocenters. The summed E-state index contributed by atoms with van der Waals surface area (Å²) in [6.07, 6.45) is 1.56. The highest BCUT2D eigenvalue weighted by molar-refractivity contribution is 9.10. The van der Waals surface area contributed by atoms with Crippen molar-refractivity contribution in [3.63, 3.8) is 0 Å². The zero-order valence-corrected chi connectivity index (χ0v) is 12.1. The van der Waals surface area contributed by atoms with Crippen molar-refractivity contribution in [2.75, 3.05) is 0 Å². The predicted octanol–water partition coefficient (Wildman–Crippen LogP) is 2.29. The second-order valence-electron chi connectivity index (χ2n) is 4.81.